The largest absolute Gasteiger partial charge is 0.465 e. The number of methoxy groups -OCH3 is 2. The smallest absolute Gasteiger partial charge is 0.345 e. The first kappa shape index (κ1) is 15.5. The molecule has 0 amide bonds. The maximum Gasteiger partial charge on any atom is 0.345 e. The summed E-state index contributed by atoms with van der Waals surface area (Å²) in [6.45, 7) is 1.89. The summed E-state index contributed by atoms with van der Waals surface area (Å²) in [5.74, 6) is -0.784. The highest BCUT2D eigenvalue weighted by atomic mass is 16.5. The summed E-state index contributed by atoms with van der Waals surface area (Å²) >= 11 is 0. The highest BCUT2D eigenvalue weighted by Crippen LogP contribution is 2.26. The molecule has 1 saturated carbocycles. The van der Waals surface area contributed by atoms with Gasteiger partial charge in [0.1, 0.15) is 5.57 Å². The molecule has 0 aromatic heterocycles. The number of allylic oxidation sites excluding steroid dienone is 3. The van der Waals surface area contributed by atoms with Gasteiger partial charge in [-0.2, -0.15) is 0 Å². The van der Waals surface area contributed by atoms with Crippen LogP contribution in [-0.2, 0) is 19.1 Å². The van der Waals surface area contributed by atoms with Gasteiger partial charge in [-0.3, -0.25) is 0 Å². The van der Waals surface area contributed by atoms with Crippen molar-refractivity contribution in [3.8, 4) is 0 Å². The number of carbonyl (C=O) groups excluding carboxylic acids is 2. The molecule has 0 radical (unpaired) electrons. The summed E-state index contributed by atoms with van der Waals surface area (Å²) in [7, 11) is 2.50. The van der Waals surface area contributed by atoms with Crippen molar-refractivity contribution in [2.75, 3.05) is 14.2 Å². The van der Waals surface area contributed by atoms with Crippen LogP contribution in [0.2, 0.25) is 0 Å². The molecule has 1 rings (SSSR count). The Morgan fingerprint density at radius 1 is 1.00 bits per heavy atom. The van der Waals surface area contributed by atoms with E-state index in [0.29, 0.717) is 5.92 Å². The number of esters is 2. The average Bonchev–Trinajstić information content (AvgIpc) is 2.44. The second kappa shape index (κ2) is 7.77. The van der Waals surface area contributed by atoms with Crippen molar-refractivity contribution in [3.63, 3.8) is 0 Å². The average molecular weight is 266 g/mol. The van der Waals surface area contributed by atoms with Crippen LogP contribution in [0.4, 0.5) is 0 Å². The third-order valence-electron chi connectivity index (χ3n) is 3.33. The van der Waals surface area contributed by atoms with E-state index in [1.54, 1.807) is 6.08 Å². The first-order valence-electron chi connectivity index (χ1n) is 6.65. The van der Waals surface area contributed by atoms with Crippen LogP contribution in [0.25, 0.3) is 0 Å². The number of hydrogen-bond acceptors (Lipinski definition) is 4. The Bertz CT molecular complexity index is 369. The van der Waals surface area contributed by atoms with E-state index in [-0.39, 0.29) is 5.57 Å². The Morgan fingerprint density at radius 3 is 2.00 bits per heavy atom. The van der Waals surface area contributed by atoms with E-state index in [2.05, 4.69) is 15.5 Å². The fraction of sp³-hybridized carbons (Fsp3) is 0.600. The molecule has 1 aliphatic rings. The molecule has 0 atom stereocenters. The molecule has 0 aliphatic heterocycles. The second-order valence-corrected chi connectivity index (χ2v) is 4.85. The summed E-state index contributed by atoms with van der Waals surface area (Å²) in [6.07, 6.45) is 9.83. The predicted molar refractivity (Wildman–Crippen MR) is 72.4 cm³/mol. The lowest BCUT2D eigenvalue weighted by atomic mass is 9.88. The zero-order valence-electron chi connectivity index (χ0n) is 11.9. The van der Waals surface area contributed by atoms with Crippen molar-refractivity contribution < 1.29 is 19.1 Å². The Kier molecular flexibility index (Phi) is 6.33. The molecule has 106 valence electrons. The number of ether oxygens (including phenoxy) is 2. The van der Waals surface area contributed by atoms with Crippen molar-refractivity contribution in [2.45, 2.75) is 39.0 Å². The minimum absolute atomic E-state index is 0.0606. The monoisotopic (exact) mass is 266 g/mol. The summed E-state index contributed by atoms with van der Waals surface area (Å²) in [5.41, 5.74) is 0.840. The van der Waals surface area contributed by atoms with E-state index >= 15 is 0 Å². The van der Waals surface area contributed by atoms with Crippen molar-refractivity contribution in [1.29, 1.82) is 0 Å². The van der Waals surface area contributed by atoms with E-state index in [9.17, 15) is 9.59 Å². The Labute approximate surface area is 114 Å². The van der Waals surface area contributed by atoms with E-state index in [4.69, 9.17) is 0 Å². The molecule has 19 heavy (non-hydrogen) atoms. The lowest BCUT2D eigenvalue weighted by Crippen LogP contribution is -2.16. The SMILES string of the molecule is COC(=O)C(=C/C(C)=C/C1CCCCC1)C(=O)OC. The molecule has 4 nitrogen and oxygen atoms in total. The Balaban J connectivity index is 2.84. The summed E-state index contributed by atoms with van der Waals surface area (Å²) < 4.78 is 9.18. The van der Waals surface area contributed by atoms with Crippen LogP contribution in [0.1, 0.15) is 39.0 Å². The van der Waals surface area contributed by atoms with Gasteiger partial charge in [0.05, 0.1) is 14.2 Å². The molecule has 0 spiro atoms. The minimum Gasteiger partial charge on any atom is -0.465 e. The first-order valence-corrected chi connectivity index (χ1v) is 6.65. The first-order chi connectivity index (χ1) is 9.08. The zero-order valence-corrected chi connectivity index (χ0v) is 11.9. The van der Waals surface area contributed by atoms with Gasteiger partial charge in [-0.05, 0) is 31.8 Å². The molecule has 0 bridgehead atoms. The Hall–Kier alpha value is -1.58. The normalized spacial score (nSPS) is 16.7. The highest BCUT2D eigenvalue weighted by Gasteiger charge is 2.19. The van der Waals surface area contributed by atoms with Gasteiger partial charge >= 0.3 is 11.9 Å². The lowest BCUT2D eigenvalue weighted by molar-refractivity contribution is -0.144. The van der Waals surface area contributed by atoms with Crippen molar-refractivity contribution in [1.82, 2.24) is 0 Å². The maximum absolute atomic E-state index is 11.5. The molecule has 0 unspecified atom stereocenters. The van der Waals surface area contributed by atoms with Gasteiger partial charge in [-0.15, -0.1) is 0 Å². The second-order valence-electron chi connectivity index (χ2n) is 4.85. The fourth-order valence-corrected chi connectivity index (χ4v) is 2.37. The third-order valence-corrected chi connectivity index (χ3v) is 3.33. The quantitative estimate of drug-likeness (QED) is 0.258. The minimum atomic E-state index is -0.664. The fourth-order valence-electron chi connectivity index (χ4n) is 2.37. The van der Waals surface area contributed by atoms with E-state index in [1.165, 1.54) is 46.3 Å². The van der Waals surface area contributed by atoms with Gasteiger partial charge in [0, 0.05) is 0 Å². The van der Waals surface area contributed by atoms with Crippen LogP contribution in [0.3, 0.4) is 0 Å². The summed E-state index contributed by atoms with van der Waals surface area (Å²) in [4.78, 5) is 23.0. The number of carbonyl (C=O) groups is 2. The number of rotatable bonds is 4. The van der Waals surface area contributed by atoms with Gasteiger partial charge in [0.15, 0.2) is 0 Å². The summed E-state index contributed by atoms with van der Waals surface area (Å²) in [6, 6.07) is 0. The maximum atomic E-state index is 11.5. The van der Waals surface area contributed by atoms with Gasteiger partial charge in [0.25, 0.3) is 0 Å². The summed E-state index contributed by atoms with van der Waals surface area (Å²) in [5, 5.41) is 0. The lowest BCUT2D eigenvalue weighted by Gasteiger charge is -2.18. The van der Waals surface area contributed by atoms with Gasteiger partial charge < -0.3 is 9.47 Å². The molecule has 1 aliphatic carbocycles. The van der Waals surface area contributed by atoms with Crippen molar-refractivity contribution >= 4 is 11.9 Å². The van der Waals surface area contributed by atoms with Crippen LogP contribution in [0, 0.1) is 5.92 Å². The molecule has 0 aromatic carbocycles. The van der Waals surface area contributed by atoms with E-state index in [0.717, 1.165) is 5.57 Å². The van der Waals surface area contributed by atoms with Crippen LogP contribution < -0.4 is 0 Å². The molecule has 0 N–H and O–H groups in total. The Morgan fingerprint density at radius 2 is 1.53 bits per heavy atom. The van der Waals surface area contributed by atoms with E-state index < -0.39 is 11.9 Å². The van der Waals surface area contributed by atoms with Gasteiger partial charge in [-0.25, -0.2) is 9.59 Å². The third kappa shape index (κ3) is 4.89. The number of hydrogen-bond donors (Lipinski definition) is 0. The van der Waals surface area contributed by atoms with Crippen LogP contribution in [0.15, 0.2) is 23.3 Å². The van der Waals surface area contributed by atoms with Gasteiger partial charge in [0.2, 0.25) is 0 Å². The van der Waals surface area contributed by atoms with Crippen LogP contribution >= 0.6 is 0 Å². The molecule has 0 heterocycles. The van der Waals surface area contributed by atoms with Crippen LogP contribution in [0.5, 0.6) is 0 Å². The molecule has 0 aromatic rings. The zero-order chi connectivity index (χ0) is 14.3. The van der Waals surface area contributed by atoms with Crippen LogP contribution in [-0.4, -0.2) is 26.2 Å². The topological polar surface area (TPSA) is 52.6 Å². The molecule has 1 fully saturated rings. The standard InChI is InChI=1S/C15H22O4/c1-11(9-12-7-5-4-6-8-12)10-13(14(16)18-2)15(17)19-3/h9-10,12H,4-8H2,1-3H3/b11-9+. The van der Waals surface area contributed by atoms with Gasteiger partial charge in [-0.1, -0.05) is 30.9 Å². The predicted octanol–water partition coefficient (Wildman–Crippen LogP) is 2.79. The molecule has 4 heteroatoms. The van der Waals surface area contributed by atoms with E-state index in [1.807, 2.05) is 6.92 Å². The molecule has 0 saturated heterocycles. The highest BCUT2D eigenvalue weighted by molar-refractivity contribution is 6.14. The molecular weight excluding hydrogens is 244 g/mol. The van der Waals surface area contributed by atoms with Crippen molar-refractivity contribution in [2.24, 2.45) is 5.92 Å². The molecular formula is C15H22O4. The van der Waals surface area contributed by atoms with Crippen molar-refractivity contribution in [3.05, 3.63) is 23.3 Å².